The highest BCUT2D eigenvalue weighted by molar-refractivity contribution is 9.10. The molecule has 0 aliphatic carbocycles. The molecule has 0 saturated heterocycles. The van der Waals surface area contributed by atoms with Gasteiger partial charge in [0.15, 0.2) is 0 Å². The molecule has 1 aromatic heterocycles. The van der Waals surface area contributed by atoms with Gasteiger partial charge in [-0.3, -0.25) is 4.79 Å². The van der Waals surface area contributed by atoms with Crippen molar-refractivity contribution in [2.24, 2.45) is 0 Å². The summed E-state index contributed by atoms with van der Waals surface area (Å²) in [4.78, 5) is 17.4. The summed E-state index contributed by atoms with van der Waals surface area (Å²) in [5, 5.41) is 29.9. The van der Waals surface area contributed by atoms with Gasteiger partial charge >= 0.3 is 0 Å². The summed E-state index contributed by atoms with van der Waals surface area (Å²) >= 11 is 3.01. The van der Waals surface area contributed by atoms with Crippen LogP contribution < -0.4 is 10.9 Å². The molecule has 0 unspecified atom stereocenters. The van der Waals surface area contributed by atoms with Crippen LogP contribution in [0.5, 0.6) is 0 Å². The summed E-state index contributed by atoms with van der Waals surface area (Å²) in [5.41, 5.74) is -1.72. The Labute approximate surface area is 99.3 Å². The van der Waals surface area contributed by atoms with Gasteiger partial charge in [0.05, 0.1) is 26.1 Å². The molecule has 5 N–H and O–H groups in total. The van der Waals surface area contributed by atoms with E-state index in [4.69, 9.17) is 15.3 Å². The molecule has 90 valence electrons. The lowest BCUT2D eigenvalue weighted by molar-refractivity contribution is 0.0830. The number of anilines is 1. The lowest BCUT2D eigenvalue weighted by Gasteiger charge is -2.29. The summed E-state index contributed by atoms with van der Waals surface area (Å²) in [7, 11) is 0. The molecule has 0 aromatic carbocycles. The topological polar surface area (TPSA) is 118 Å². The van der Waals surface area contributed by atoms with Crippen LogP contribution in [0.25, 0.3) is 0 Å². The fourth-order valence-corrected chi connectivity index (χ4v) is 1.31. The van der Waals surface area contributed by atoms with Crippen LogP contribution in [-0.4, -0.2) is 50.6 Å². The van der Waals surface area contributed by atoms with Gasteiger partial charge in [0.25, 0.3) is 5.56 Å². The van der Waals surface area contributed by atoms with E-state index >= 15 is 0 Å². The number of nitrogens with one attached hydrogen (secondary N) is 2. The van der Waals surface area contributed by atoms with E-state index < -0.39 is 30.9 Å². The van der Waals surface area contributed by atoms with E-state index in [-0.39, 0.29) is 10.3 Å². The highest BCUT2D eigenvalue weighted by atomic mass is 79.9. The normalized spacial score (nSPS) is 11.5. The molecule has 8 heteroatoms. The van der Waals surface area contributed by atoms with Crippen LogP contribution in [-0.2, 0) is 0 Å². The molecule has 0 saturated carbocycles. The number of aromatic amines is 1. The van der Waals surface area contributed by atoms with Crippen LogP contribution in [0.1, 0.15) is 0 Å². The van der Waals surface area contributed by atoms with Crippen molar-refractivity contribution in [3.63, 3.8) is 0 Å². The van der Waals surface area contributed by atoms with E-state index in [0.717, 1.165) is 0 Å². The van der Waals surface area contributed by atoms with E-state index in [9.17, 15) is 4.79 Å². The van der Waals surface area contributed by atoms with Crippen molar-refractivity contribution in [3.05, 3.63) is 21.2 Å². The van der Waals surface area contributed by atoms with Crippen LogP contribution >= 0.6 is 15.9 Å². The van der Waals surface area contributed by atoms with Crippen LogP contribution in [0, 0.1) is 0 Å². The summed E-state index contributed by atoms with van der Waals surface area (Å²) in [6.45, 7) is -1.50. The number of nitrogens with zero attached hydrogens (tertiary/aromatic N) is 1. The van der Waals surface area contributed by atoms with Gasteiger partial charge in [-0.15, -0.1) is 0 Å². The molecule has 16 heavy (non-hydrogen) atoms. The summed E-state index contributed by atoms with van der Waals surface area (Å²) in [5.74, 6) is 0.140. The smallest absolute Gasteiger partial charge is 0.267 e. The molecule has 0 aliphatic heterocycles. The Morgan fingerprint density at radius 1 is 1.38 bits per heavy atom. The first-order valence-corrected chi connectivity index (χ1v) is 5.22. The number of rotatable bonds is 5. The molecule has 0 atom stereocenters. The Hall–Kier alpha value is -0.960. The second-order valence-electron chi connectivity index (χ2n) is 3.27. The van der Waals surface area contributed by atoms with Gasteiger partial charge in [0.1, 0.15) is 15.8 Å². The zero-order valence-electron chi connectivity index (χ0n) is 8.27. The Kier molecular flexibility index (Phi) is 4.42. The minimum atomic E-state index is -1.32. The minimum absolute atomic E-state index is 0.134. The van der Waals surface area contributed by atoms with Gasteiger partial charge in [0, 0.05) is 0 Å². The molecule has 0 aliphatic rings. The maximum atomic E-state index is 11.2. The second kappa shape index (κ2) is 5.39. The van der Waals surface area contributed by atoms with Gasteiger partial charge in [-0.2, -0.15) is 0 Å². The zero-order chi connectivity index (χ0) is 12.2. The SMILES string of the molecule is O=c1[nH]cnc(NC(CO)(CO)CO)c1Br. The van der Waals surface area contributed by atoms with E-state index in [1.165, 1.54) is 6.33 Å². The quantitative estimate of drug-likeness (QED) is 0.459. The molecular formula is C8H12BrN3O4. The van der Waals surface area contributed by atoms with Crippen LogP contribution in [0.4, 0.5) is 5.82 Å². The van der Waals surface area contributed by atoms with Crippen molar-refractivity contribution in [2.75, 3.05) is 25.1 Å². The largest absolute Gasteiger partial charge is 0.394 e. The molecule has 1 aromatic rings. The van der Waals surface area contributed by atoms with Crippen molar-refractivity contribution < 1.29 is 15.3 Å². The highest BCUT2D eigenvalue weighted by Gasteiger charge is 2.29. The first kappa shape index (κ1) is 13.1. The average Bonchev–Trinajstić information content (AvgIpc) is 2.32. The van der Waals surface area contributed by atoms with Gasteiger partial charge in [-0.05, 0) is 15.9 Å². The van der Waals surface area contributed by atoms with Crippen molar-refractivity contribution in [3.8, 4) is 0 Å². The lowest BCUT2D eigenvalue weighted by atomic mass is 10.0. The number of hydrogen-bond acceptors (Lipinski definition) is 6. The predicted octanol–water partition coefficient (Wildman–Crippen LogP) is -1.34. The summed E-state index contributed by atoms with van der Waals surface area (Å²) in [6.07, 6.45) is 1.17. The van der Waals surface area contributed by atoms with Gasteiger partial charge in [-0.25, -0.2) is 4.98 Å². The minimum Gasteiger partial charge on any atom is -0.394 e. The van der Waals surface area contributed by atoms with E-state index in [1.54, 1.807) is 0 Å². The van der Waals surface area contributed by atoms with Crippen LogP contribution in [0.3, 0.4) is 0 Å². The number of halogens is 1. The Bertz CT molecular complexity index is 396. The van der Waals surface area contributed by atoms with Crippen molar-refractivity contribution in [2.45, 2.75) is 5.54 Å². The number of hydrogen-bond donors (Lipinski definition) is 5. The van der Waals surface area contributed by atoms with Crippen molar-refractivity contribution in [1.82, 2.24) is 9.97 Å². The van der Waals surface area contributed by atoms with Crippen LogP contribution in [0.15, 0.2) is 15.6 Å². The fraction of sp³-hybridized carbons (Fsp3) is 0.500. The molecule has 0 amide bonds. The molecular weight excluding hydrogens is 282 g/mol. The number of aliphatic hydroxyl groups excluding tert-OH is 3. The standard InChI is InChI=1S/C8H12BrN3O4/c9-5-6(10-4-11-7(5)16)12-8(1-13,2-14)3-15/h4,13-15H,1-3H2,(H2,10,11,12,16). The predicted molar refractivity (Wildman–Crippen MR) is 60.2 cm³/mol. The van der Waals surface area contributed by atoms with E-state index in [0.29, 0.717) is 0 Å². The van der Waals surface area contributed by atoms with Crippen LogP contribution in [0.2, 0.25) is 0 Å². The molecule has 0 bridgehead atoms. The van der Waals surface area contributed by atoms with Crippen molar-refractivity contribution >= 4 is 21.7 Å². The maximum Gasteiger partial charge on any atom is 0.267 e. The Balaban J connectivity index is 3.03. The van der Waals surface area contributed by atoms with Gasteiger partial charge in [0.2, 0.25) is 0 Å². The maximum absolute atomic E-state index is 11.2. The van der Waals surface area contributed by atoms with Crippen molar-refractivity contribution in [1.29, 1.82) is 0 Å². The Morgan fingerprint density at radius 2 is 1.94 bits per heavy atom. The van der Waals surface area contributed by atoms with E-state index in [1.807, 2.05) is 0 Å². The number of aromatic nitrogens is 2. The first-order chi connectivity index (χ1) is 7.58. The third-order valence-electron chi connectivity index (χ3n) is 2.09. The van der Waals surface area contributed by atoms with Gasteiger partial charge < -0.3 is 25.6 Å². The van der Waals surface area contributed by atoms with E-state index in [2.05, 4.69) is 31.2 Å². The van der Waals surface area contributed by atoms with Gasteiger partial charge in [-0.1, -0.05) is 0 Å². The molecule has 0 spiro atoms. The molecule has 0 fully saturated rings. The molecule has 0 radical (unpaired) electrons. The molecule has 7 nitrogen and oxygen atoms in total. The second-order valence-corrected chi connectivity index (χ2v) is 4.07. The molecule has 1 rings (SSSR count). The first-order valence-electron chi connectivity index (χ1n) is 4.42. The fourth-order valence-electron chi connectivity index (χ4n) is 0.990. The Morgan fingerprint density at radius 3 is 2.44 bits per heavy atom. The third kappa shape index (κ3) is 2.59. The number of H-pyrrole nitrogens is 1. The lowest BCUT2D eigenvalue weighted by Crippen LogP contribution is -2.49. The number of aliphatic hydroxyl groups is 3. The monoisotopic (exact) mass is 293 g/mol. The third-order valence-corrected chi connectivity index (χ3v) is 2.82. The summed E-state index contributed by atoms with van der Waals surface area (Å²) < 4.78 is 0.134. The molecule has 1 heterocycles. The summed E-state index contributed by atoms with van der Waals surface area (Å²) in [6, 6.07) is 0. The zero-order valence-corrected chi connectivity index (χ0v) is 9.86. The highest BCUT2D eigenvalue weighted by Crippen LogP contribution is 2.18. The average molecular weight is 294 g/mol.